The van der Waals surface area contributed by atoms with Gasteiger partial charge in [0.15, 0.2) is 0 Å². The molecule has 0 bridgehead atoms. The van der Waals surface area contributed by atoms with Crippen molar-refractivity contribution >= 4 is 5.97 Å². The number of hydrogen-bond donors (Lipinski definition) is 1. The lowest BCUT2D eigenvalue weighted by atomic mass is 10.4. The van der Waals surface area contributed by atoms with Crippen LogP contribution in [-0.4, -0.2) is 29.2 Å². The molecular weight excluding hydrogens is 194 g/mol. The number of aromatic nitrogens is 2. The molecule has 1 heterocycles. The number of aryl methyl sites for hydroxylation is 1. The Labute approximate surface area is 88.2 Å². The van der Waals surface area contributed by atoms with Gasteiger partial charge in [0.2, 0.25) is 5.82 Å². The van der Waals surface area contributed by atoms with Crippen LogP contribution in [0.15, 0.2) is 6.20 Å². The van der Waals surface area contributed by atoms with Gasteiger partial charge in [0.1, 0.15) is 5.69 Å². The molecule has 0 spiro atoms. The van der Waals surface area contributed by atoms with Gasteiger partial charge in [-0.25, -0.2) is 9.78 Å². The third-order valence-electron chi connectivity index (χ3n) is 1.73. The van der Waals surface area contributed by atoms with Gasteiger partial charge in [0, 0.05) is 26.2 Å². The van der Waals surface area contributed by atoms with Crippen molar-refractivity contribution < 1.29 is 9.53 Å². The minimum absolute atomic E-state index is 0.245. The fraction of sp³-hybridized carbons (Fsp3) is 0.400. The van der Waals surface area contributed by atoms with Gasteiger partial charge in [0.05, 0.1) is 7.11 Å². The molecule has 0 aliphatic rings. The van der Waals surface area contributed by atoms with Gasteiger partial charge in [-0.1, -0.05) is 5.92 Å². The highest BCUT2D eigenvalue weighted by molar-refractivity contribution is 5.85. The smallest absolute Gasteiger partial charge is 0.374 e. The summed E-state index contributed by atoms with van der Waals surface area (Å²) in [5.41, 5.74) is 5.84. The molecular formula is C10H13N3O2. The number of ether oxygens (including phenoxy) is 1. The molecule has 0 fully saturated rings. The molecule has 1 rings (SSSR count). The van der Waals surface area contributed by atoms with Crippen molar-refractivity contribution in [1.29, 1.82) is 0 Å². The number of nitrogens with two attached hydrogens (primary N) is 1. The second kappa shape index (κ2) is 5.17. The van der Waals surface area contributed by atoms with Crippen LogP contribution in [-0.2, 0) is 11.8 Å². The highest BCUT2D eigenvalue weighted by Gasteiger charge is 2.12. The minimum Gasteiger partial charge on any atom is -0.463 e. The fourth-order valence-corrected chi connectivity index (χ4v) is 1.03. The van der Waals surface area contributed by atoms with Crippen LogP contribution in [0.5, 0.6) is 0 Å². The third-order valence-corrected chi connectivity index (χ3v) is 1.73. The molecule has 2 N–H and O–H groups in total. The lowest BCUT2D eigenvalue weighted by Gasteiger charge is -1.96. The first kappa shape index (κ1) is 11.3. The molecule has 1 aromatic rings. The van der Waals surface area contributed by atoms with Crippen LogP contribution < -0.4 is 5.73 Å². The zero-order valence-corrected chi connectivity index (χ0v) is 8.78. The summed E-state index contributed by atoms with van der Waals surface area (Å²) in [4.78, 5) is 15.2. The van der Waals surface area contributed by atoms with Crippen molar-refractivity contribution in [2.75, 3.05) is 13.7 Å². The molecule has 0 aromatic carbocycles. The van der Waals surface area contributed by atoms with Crippen molar-refractivity contribution in [1.82, 2.24) is 9.55 Å². The zero-order valence-electron chi connectivity index (χ0n) is 8.78. The molecule has 0 aliphatic heterocycles. The molecule has 5 nitrogen and oxygen atoms in total. The molecule has 1 aromatic heterocycles. The summed E-state index contributed by atoms with van der Waals surface area (Å²) in [7, 11) is 3.03. The summed E-state index contributed by atoms with van der Waals surface area (Å²) >= 11 is 0. The molecule has 0 unspecified atom stereocenters. The van der Waals surface area contributed by atoms with Crippen molar-refractivity contribution in [2.45, 2.75) is 6.42 Å². The summed E-state index contributed by atoms with van der Waals surface area (Å²) in [6, 6.07) is 0. The molecule has 5 heteroatoms. The van der Waals surface area contributed by atoms with Crippen LogP contribution in [0, 0.1) is 11.8 Å². The van der Waals surface area contributed by atoms with Crippen LogP contribution in [0.25, 0.3) is 0 Å². The Morgan fingerprint density at radius 2 is 2.47 bits per heavy atom. The van der Waals surface area contributed by atoms with E-state index in [0.717, 1.165) is 0 Å². The maximum atomic E-state index is 11.2. The summed E-state index contributed by atoms with van der Waals surface area (Å²) in [5.74, 6) is 5.44. The van der Waals surface area contributed by atoms with Gasteiger partial charge in [-0.15, -0.1) is 0 Å². The molecule has 0 amide bonds. The standard InChI is InChI=1S/C10H13N3O2/c1-13-7-8(5-3-4-6-11)12-9(13)10(14)15-2/h7H,4,6,11H2,1-2H3. The first-order valence-electron chi connectivity index (χ1n) is 4.49. The number of rotatable bonds is 2. The Kier molecular flexibility index (Phi) is 3.89. The predicted molar refractivity (Wildman–Crippen MR) is 55.1 cm³/mol. The average molecular weight is 207 g/mol. The molecule has 0 saturated heterocycles. The quantitative estimate of drug-likeness (QED) is 0.543. The highest BCUT2D eigenvalue weighted by atomic mass is 16.5. The SMILES string of the molecule is COC(=O)c1nc(C#CCCN)cn1C. The first-order valence-corrected chi connectivity index (χ1v) is 4.49. The van der Waals surface area contributed by atoms with Crippen LogP contribution in [0.2, 0.25) is 0 Å². The Morgan fingerprint density at radius 3 is 3.07 bits per heavy atom. The van der Waals surface area contributed by atoms with Gasteiger partial charge in [-0.05, 0) is 5.92 Å². The van der Waals surface area contributed by atoms with Crippen molar-refractivity contribution in [3.63, 3.8) is 0 Å². The minimum atomic E-state index is -0.468. The van der Waals surface area contributed by atoms with Gasteiger partial charge < -0.3 is 15.0 Å². The van der Waals surface area contributed by atoms with E-state index in [9.17, 15) is 4.79 Å². The van der Waals surface area contributed by atoms with Crippen LogP contribution in [0.1, 0.15) is 22.7 Å². The number of imidazole rings is 1. The van der Waals surface area contributed by atoms with Gasteiger partial charge in [0.25, 0.3) is 0 Å². The zero-order chi connectivity index (χ0) is 11.3. The maximum Gasteiger partial charge on any atom is 0.374 e. The molecule has 0 atom stereocenters. The summed E-state index contributed by atoms with van der Waals surface area (Å²) < 4.78 is 6.15. The van der Waals surface area contributed by atoms with Gasteiger partial charge >= 0.3 is 5.97 Å². The third kappa shape index (κ3) is 2.82. The summed E-state index contributed by atoms with van der Waals surface area (Å²) in [6.45, 7) is 0.518. The molecule has 15 heavy (non-hydrogen) atoms. The van der Waals surface area contributed by atoms with E-state index in [1.165, 1.54) is 7.11 Å². The van der Waals surface area contributed by atoms with Crippen molar-refractivity contribution in [3.8, 4) is 11.8 Å². The Bertz CT molecular complexity index is 412. The van der Waals surface area contributed by atoms with E-state index in [4.69, 9.17) is 5.73 Å². The lowest BCUT2D eigenvalue weighted by molar-refractivity contribution is 0.0582. The van der Waals surface area contributed by atoms with E-state index in [-0.39, 0.29) is 5.82 Å². The maximum absolute atomic E-state index is 11.2. The first-order chi connectivity index (χ1) is 7.19. The van der Waals surface area contributed by atoms with Crippen molar-refractivity contribution in [3.05, 3.63) is 17.7 Å². The fourth-order valence-electron chi connectivity index (χ4n) is 1.03. The predicted octanol–water partition coefficient (Wildman–Crippen LogP) is -0.0930. The lowest BCUT2D eigenvalue weighted by Crippen LogP contribution is -2.08. The normalized spacial score (nSPS) is 9.27. The number of hydrogen-bond acceptors (Lipinski definition) is 4. The van der Waals surface area contributed by atoms with Gasteiger partial charge in [-0.2, -0.15) is 0 Å². The van der Waals surface area contributed by atoms with E-state index in [1.54, 1.807) is 17.8 Å². The van der Waals surface area contributed by atoms with E-state index in [0.29, 0.717) is 18.7 Å². The number of carbonyl (C=O) groups excluding carboxylic acids is 1. The Hall–Kier alpha value is -1.80. The van der Waals surface area contributed by atoms with Crippen LogP contribution in [0.3, 0.4) is 0 Å². The van der Waals surface area contributed by atoms with Gasteiger partial charge in [-0.3, -0.25) is 0 Å². The van der Waals surface area contributed by atoms with E-state index in [2.05, 4.69) is 21.6 Å². The van der Waals surface area contributed by atoms with Crippen LogP contribution >= 0.6 is 0 Å². The van der Waals surface area contributed by atoms with E-state index in [1.807, 2.05) is 0 Å². The largest absolute Gasteiger partial charge is 0.463 e. The molecule has 0 radical (unpaired) electrons. The summed E-state index contributed by atoms with van der Waals surface area (Å²) in [5, 5.41) is 0. The van der Waals surface area contributed by atoms with Crippen LogP contribution in [0.4, 0.5) is 0 Å². The Balaban J connectivity index is 2.87. The topological polar surface area (TPSA) is 70.1 Å². The number of nitrogens with zero attached hydrogens (tertiary/aromatic N) is 2. The number of carbonyl (C=O) groups is 1. The summed E-state index contributed by atoms with van der Waals surface area (Å²) in [6.07, 6.45) is 2.29. The Morgan fingerprint density at radius 1 is 1.73 bits per heavy atom. The second-order valence-corrected chi connectivity index (χ2v) is 2.89. The second-order valence-electron chi connectivity index (χ2n) is 2.89. The highest BCUT2D eigenvalue weighted by Crippen LogP contribution is 2.01. The van der Waals surface area contributed by atoms with Crippen molar-refractivity contribution in [2.24, 2.45) is 12.8 Å². The number of methoxy groups -OCH3 is 1. The number of esters is 1. The van der Waals surface area contributed by atoms with E-state index >= 15 is 0 Å². The molecule has 0 saturated carbocycles. The van der Waals surface area contributed by atoms with E-state index < -0.39 is 5.97 Å². The monoisotopic (exact) mass is 207 g/mol. The molecule has 80 valence electrons. The average Bonchev–Trinajstić information content (AvgIpc) is 2.59. The molecule has 0 aliphatic carbocycles.